The lowest BCUT2D eigenvalue weighted by molar-refractivity contribution is 0.0964. The molecule has 4 N–H and O–H groups in total. The minimum absolute atomic E-state index is 0.0243. The zero-order valence-corrected chi connectivity index (χ0v) is 21.8. The van der Waals surface area contributed by atoms with Crippen LogP contribution >= 0.6 is 11.5 Å². The summed E-state index contributed by atoms with van der Waals surface area (Å²) >= 11 is 1.03. The van der Waals surface area contributed by atoms with Crippen molar-refractivity contribution in [3.05, 3.63) is 47.8 Å². The van der Waals surface area contributed by atoms with E-state index >= 15 is 0 Å². The summed E-state index contributed by atoms with van der Waals surface area (Å²) < 4.78 is 5.54. The van der Waals surface area contributed by atoms with Gasteiger partial charge in [0.25, 0.3) is 5.91 Å². The van der Waals surface area contributed by atoms with Gasteiger partial charge in [0, 0.05) is 58.1 Å². The van der Waals surface area contributed by atoms with E-state index in [1.165, 1.54) is 6.20 Å². The molecule has 4 heterocycles. The van der Waals surface area contributed by atoms with E-state index < -0.39 is 0 Å². The number of amidine groups is 1. The molecule has 4 rings (SSSR count). The van der Waals surface area contributed by atoms with E-state index in [4.69, 9.17) is 10.4 Å². The standard InChI is InChI=1S/C24H29N9O2S/c1-13(2)27-20(25)19-22(34)30-36-23(19)28-17-8-7-14(12-26-17)24(35)33-10-9-15-16(33)11-18(31(3)4)29-21(15)32(5)6/h7-13H,1-6H3,(H2,25,27)(H,26,28)(H,30,34). The van der Waals surface area contributed by atoms with E-state index in [2.05, 4.69) is 20.0 Å². The second kappa shape index (κ2) is 9.82. The molecule has 0 spiro atoms. The molecule has 4 aromatic heterocycles. The predicted molar refractivity (Wildman–Crippen MR) is 145 cm³/mol. The molecule has 0 aromatic carbocycles. The lowest BCUT2D eigenvalue weighted by atomic mass is 10.2. The maximum Gasteiger partial charge on any atom is 0.263 e. The van der Waals surface area contributed by atoms with Gasteiger partial charge in [-0.25, -0.2) is 9.97 Å². The third kappa shape index (κ3) is 4.80. The molecule has 0 bridgehead atoms. The van der Waals surface area contributed by atoms with Crippen molar-refractivity contribution in [1.82, 2.24) is 24.2 Å². The number of carbonyl (C=O) groups excluding carboxylic acids is 1. The van der Waals surface area contributed by atoms with Gasteiger partial charge in [-0.3, -0.25) is 14.8 Å². The fourth-order valence-corrected chi connectivity index (χ4v) is 4.36. The molecule has 0 amide bonds. The first kappa shape index (κ1) is 24.9. The van der Waals surface area contributed by atoms with Crippen LogP contribution in [0.2, 0.25) is 0 Å². The average molecular weight is 508 g/mol. The molecule has 36 heavy (non-hydrogen) atoms. The summed E-state index contributed by atoms with van der Waals surface area (Å²) in [4.78, 5) is 26.3. The topological polar surface area (TPSA) is 135 Å². The monoisotopic (exact) mass is 507 g/mol. The molecule has 0 atom stereocenters. The molecule has 188 valence electrons. The van der Waals surface area contributed by atoms with E-state index in [9.17, 15) is 9.90 Å². The van der Waals surface area contributed by atoms with E-state index in [1.54, 1.807) is 22.9 Å². The molecule has 0 saturated heterocycles. The Morgan fingerprint density at radius 3 is 2.53 bits per heavy atom. The zero-order valence-electron chi connectivity index (χ0n) is 21.0. The van der Waals surface area contributed by atoms with Crippen LogP contribution in [0.1, 0.15) is 29.8 Å². The minimum Gasteiger partial charge on any atom is -0.492 e. The van der Waals surface area contributed by atoms with Crippen molar-refractivity contribution in [3.63, 3.8) is 0 Å². The Balaban J connectivity index is 1.61. The van der Waals surface area contributed by atoms with Crippen molar-refractivity contribution < 1.29 is 9.90 Å². The number of rotatable bonds is 7. The summed E-state index contributed by atoms with van der Waals surface area (Å²) in [7, 11) is 7.66. The molecule has 0 saturated carbocycles. The molecular weight excluding hydrogens is 478 g/mol. The number of nitrogens with zero attached hydrogens (tertiary/aromatic N) is 6. The first-order valence-corrected chi connectivity index (χ1v) is 12.0. The van der Waals surface area contributed by atoms with Gasteiger partial charge < -0.3 is 25.5 Å². The number of anilines is 4. The number of hydrogen-bond acceptors (Lipinski definition) is 10. The van der Waals surface area contributed by atoms with E-state index in [0.717, 1.165) is 34.1 Å². The number of fused-ring (bicyclic) bond motifs is 1. The average Bonchev–Trinajstić information content (AvgIpc) is 3.41. The highest BCUT2D eigenvalue weighted by atomic mass is 32.1. The van der Waals surface area contributed by atoms with Gasteiger partial charge in [0.1, 0.15) is 33.9 Å². The number of nitrogens with one attached hydrogen (secondary N) is 3. The smallest absolute Gasteiger partial charge is 0.263 e. The molecule has 0 aliphatic heterocycles. The van der Waals surface area contributed by atoms with Crippen molar-refractivity contribution >= 4 is 56.6 Å². The Kier molecular flexibility index (Phi) is 6.80. The zero-order chi connectivity index (χ0) is 26.1. The first-order valence-electron chi connectivity index (χ1n) is 11.3. The summed E-state index contributed by atoms with van der Waals surface area (Å²) in [5.74, 6) is 1.60. The molecule has 4 aromatic rings. The molecule has 0 aliphatic carbocycles. The fourth-order valence-electron chi connectivity index (χ4n) is 3.65. The van der Waals surface area contributed by atoms with Gasteiger partial charge in [0.2, 0.25) is 5.88 Å². The molecule has 0 radical (unpaired) electrons. The van der Waals surface area contributed by atoms with Crippen LogP contribution in [0.25, 0.3) is 10.9 Å². The Hall–Kier alpha value is -4.19. The summed E-state index contributed by atoms with van der Waals surface area (Å²) in [5.41, 5.74) is 1.44. The van der Waals surface area contributed by atoms with Crippen LogP contribution < -0.4 is 20.4 Å². The highest BCUT2D eigenvalue weighted by Gasteiger charge is 2.20. The number of aromatic nitrogens is 4. The van der Waals surface area contributed by atoms with Crippen molar-refractivity contribution in [1.29, 1.82) is 5.41 Å². The molecule has 0 unspecified atom stereocenters. The molecule has 12 heteroatoms. The van der Waals surface area contributed by atoms with Gasteiger partial charge in [0.15, 0.2) is 0 Å². The van der Waals surface area contributed by atoms with Crippen molar-refractivity contribution in [2.75, 3.05) is 43.3 Å². The van der Waals surface area contributed by atoms with E-state index in [0.29, 0.717) is 16.4 Å². The van der Waals surface area contributed by atoms with E-state index in [1.807, 2.05) is 64.0 Å². The fraction of sp³-hybridized carbons (Fsp3) is 0.292. The highest BCUT2D eigenvalue weighted by molar-refractivity contribution is 7.11. The molecular formula is C24H29N9O2S. The summed E-state index contributed by atoms with van der Waals surface area (Å²) in [6, 6.07) is 7.16. The third-order valence-electron chi connectivity index (χ3n) is 5.36. The van der Waals surface area contributed by atoms with Crippen molar-refractivity contribution in [2.24, 2.45) is 0 Å². The quantitative estimate of drug-likeness (QED) is 0.219. The minimum atomic E-state index is -0.226. The molecule has 11 nitrogen and oxygen atoms in total. The maximum atomic E-state index is 13.4. The first-order chi connectivity index (χ1) is 17.1. The van der Waals surface area contributed by atoms with Crippen LogP contribution in [0.4, 0.5) is 22.5 Å². The summed E-state index contributed by atoms with van der Waals surface area (Å²) in [5, 5.41) is 25.7. The largest absolute Gasteiger partial charge is 0.492 e. The SMILES string of the molecule is CC(C)NC(=N)c1c(O)nsc1Nc1ccc(C(=O)n2ccc3c(N(C)C)nc(N(C)C)cc32)cn1. The van der Waals surface area contributed by atoms with Crippen LogP contribution in [-0.2, 0) is 0 Å². The maximum absolute atomic E-state index is 13.4. The normalized spacial score (nSPS) is 11.1. The van der Waals surface area contributed by atoms with Crippen LogP contribution in [0.15, 0.2) is 36.7 Å². The van der Waals surface area contributed by atoms with Crippen molar-refractivity contribution in [2.45, 2.75) is 19.9 Å². The van der Waals surface area contributed by atoms with Crippen LogP contribution in [-0.4, -0.2) is 70.0 Å². The third-order valence-corrected chi connectivity index (χ3v) is 6.12. The van der Waals surface area contributed by atoms with Crippen LogP contribution in [0, 0.1) is 5.41 Å². The van der Waals surface area contributed by atoms with Gasteiger partial charge >= 0.3 is 0 Å². The van der Waals surface area contributed by atoms with Gasteiger partial charge in [0.05, 0.1) is 11.1 Å². The molecule has 0 aliphatic rings. The lowest BCUT2D eigenvalue weighted by Crippen LogP contribution is -2.30. The Morgan fingerprint density at radius 2 is 1.92 bits per heavy atom. The van der Waals surface area contributed by atoms with Crippen molar-refractivity contribution in [3.8, 4) is 5.88 Å². The van der Waals surface area contributed by atoms with Gasteiger partial charge in [-0.05, 0) is 43.6 Å². The number of hydrogen-bond donors (Lipinski definition) is 4. The number of aromatic hydroxyl groups is 1. The van der Waals surface area contributed by atoms with Gasteiger partial charge in [-0.15, -0.1) is 0 Å². The Labute approximate surface area is 213 Å². The summed E-state index contributed by atoms with van der Waals surface area (Å²) in [6.45, 7) is 3.81. The Bertz CT molecular complexity index is 1420. The van der Waals surface area contributed by atoms with Crippen LogP contribution in [0.5, 0.6) is 5.88 Å². The second-order valence-electron chi connectivity index (χ2n) is 8.96. The lowest BCUT2D eigenvalue weighted by Gasteiger charge is -2.18. The number of carbonyl (C=O) groups is 1. The highest BCUT2D eigenvalue weighted by Crippen LogP contribution is 2.32. The predicted octanol–water partition coefficient (Wildman–Crippen LogP) is 3.48. The number of pyridine rings is 2. The van der Waals surface area contributed by atoms with Gasteiger partial charge in [-0.1, -0.05) is 0 Å². The van der Waals surface area contributed by atoms with Crippen LogP contribution in [0.3, 0.4) is 0 Å². The molecule has 0 fully saturated rings. The van der Waals surface area contributed by atoms with Gasteiger partial charge in [-0.2, -0.15) is 4.37 Å². The van der Waals surface area contributed by atoms with E-state index in [-0.39, 0.29) is 29.2 Å². The summed E-state index contributed by atoms with van der Waals surface area (Å²) in [6.07, 6.45) is 3.24. The Morgan fingerprint density at radius 1 is 1.17 bits per heavy atom. The second-order valence-corrected chi connectivity index (χ2v) is 9.73.